The number of carbonyl (C=O) groups excluding carboxylic acids is 2. The number of rotatable bonds is 5. The van der Waals surface area contributed by atoms with E-state index in [0.717, 1.165) is 12.3 Å². The van der Waals surface area contributed by atoms with Gasteiger partial charge in [-0.3, -0.25) is 14.4 Å². The van der Waals surface area contributed by atoms with E-state index < -0.39 is 0 Å². The van der Waals surface area contributed by atoms with Crippen molar-refractivity contribution >= 4 is 22.9 Å². The van der Waals surface area contributed by atoms with Crippen molar-refractivity contribution in [3.63, 3.8) is 0 Å². The Hall–Kier alpha value is -0.750. The number of nitrogens with one attached hydrogen (secondary N) is 1. The fourth-order valence-corrected chi connectivity index (χ4v) is 1.92. The second-order valence-electron chi connectivity index (χ2n) is 2.81. The molecule has 1 fully saturated rings. The van der Waals surface area contributed by atoms with Crippen LogP contribution in [0, 0.1) is 0 Å². The summed E-state index contributed by atoms with van der Waals surface area (Å²) in [6.07, 6.45) is 0.298. The normalized spacial score (nSPS) is 16.1. The first-order valence-corrected chi connectivity index (χ1v) is 5.55. The van der Waals surface area contributed by atoms with Crippen LogP contribution in [0.5, 0.6) is 0 Å². The molecule has 0 aromatic rings. The molecule has 0 saturated carbocycles. The molecule has 1 aliphatic rings. The lowest BCUT2D eigenvalue weighted by molar-refractivity contribution is -0.133. The second kappa shape index (κ2) is 5.87. The molecular weight excluding hydrogens is 204 g/mol. The highest BCUT2D eigenvalue weighted by Crippen LogP contribution is 2.16. The summed E-state index contributed by atoms with van der Waals surface area (Å²) in [6.45, 7) is 3.46. The van der Waals surface area contributed by atoms with Crippen molar-refractivity contribution in [2.75, 3.05) is 25.4 Å². The highest BCUT2D eigenvalue weighted by Gasteiger charge is 2.21. The van der Waals surface area contributed by atoms with Crippen molar-refractivity contribution in [2.45, 2.75) is 13.3 Å². The first kappa shape index (κ1) is 11.3. The molecule has 0 radical (unpaired) electrons. The van der Waals surface area contributed by atoms with Crippen molar-refractivity contribution in [1.29, 1.82) is 0 Å². The molecule has 1 heterocycles. The van der Waals surface area contributed by atoms with Crippen LogP contribution in [0.2, 0.25) is 0 Å². The van der Waals surface area contributed by atoms with Gasteiger partial charge in [0.15, 0.2) is 0 Å². The van der Waals surface area contributed by atoms with Gasteiger partial charge in [0.25, 0.3) is 5.24 Å². The van der Waals surface area contributed by atoms with Crippen LogP contribution in [0.15, 0.2) is 0 Å². The summed E-state index contributed by atoms with van der Waals surface area (Å²) in [7, 11) is 0. The van der Waals surface area contributed by atoms with Gasteiger partial charge in [-0.2, -0.15) is 0 Å². The third-order valence-electron chi connectivity index (χ3n) is 1.78. The Morgan fingerprint density at radius 3 is 3.07 bits per heavy atom. The lowest BCUT2D eigenvalue weighted by Crippen LogP contribution is -2.31. The Bertz CT molecular complexity index is 223. The van der Waals surface area contributed by atoms with E-state index in [9.17, 15) is 9.59 Å². The van der Waals surface area contributed by atoms with Gasteiger partial charge in [0, 0.05) is 25.3 Å². The van der Waals surface area contributed by atoms with E-state index in [2.05, 4.69) is 5.48 Å². The lowest BCUT2D eigenvalue weighted by atomic mass is 10.4. The van der Waals surface area contributed by atoms with E-state index in [4.69, 9.17) is 4.84 Å². The zero-order valence-corrected chi connectivity index (χ0v) is 8.93. The molecule has 0 aromatic heterocycles. The Kier molecular flexibility index (Phi) is 4.75. The zero-order chi connectivity index (χ0) is 10.4. The van der Waals surface area contributed by atoms with E-state index in [-0.39, 0.29) is 11.1 Å². The minimum atomic E-state index is -0.184. The molecule has 1 rings (SSSR count). The molecule has 2 amide bonds. The highest BCUT2D eigenvalue weighted by atomic mass is 32.2. The van der Waals surface area contributed by atoms with Crippen LogP contribution in [0.4, 0.5) is 4.79 Å². The first-order valence-electron chi connectivity index (χ1n) is 4.56. The number of nitrogens with zero attached hydrogens (tertiary/aromatic N) is 1. The summed E-state index contributed by atoms with van der Waals surface area (Å²) in [5.74, 6) is 0.642. The highest BCUT2D eigenvalue weighted by molar-refractivity contribution is 8.13. The summed E-state index contributed by atoms with van der Waals surface area (Å²) < 4.78 is 0. The maximum absolute atomic E-state index is 11.1. The standard InChI is InChI=1S/C8H14N2O3S/c1-2-13-9-7(11)3-4-10-5-6-14-8(10)12/h2-6H2,1H3,(H,9,11). The van der Waals surface area contributed by atoms with Gasteiger partial charge in [-0.15, -0.1) is 0 Å². The minimum absolute atomic E-state index is 0.0641. The van der Waals surface area contributed by atoms with Gasteiger partial charge in [-0.1, -0.05) is 11.8 Å². The number of thioether (sulfide) groups is 1. The molecule has 6 heteroatoms. The van der Waals surface area contributed by atoms with Gasteiger partial charge in [-0.25, -0.2) is 5.48 Å². The zero-order valence-electron chi connectivity index (χ0n) is 8.12. The average Bonchev–Trinajstić information content (AvgIpc) is 2.58. The Labute approximate surface area is 87.1 Å². The van der Waals surface area contributed by atoms with Crippen molar-refractivity contribution in [3.05, 3.63) is 0 Å². The van der Waals surface area contributed by atoms with E-state index >= 15 is 0 Å². The average molecular weight is 218 g/mol. The van der Waals surface area contributed by atoms with E-state index in [1.54, 1.807) is 11.8 Å². The monoisotopic (exact) mass is 218 g/mol. The molecule has 0 atom stereocenters. The van der Waals surface area contributed by atoms with Crippen LogP contribution >= 0.6 is 11.8 Å². The maximum Gasteiger partial charge on any atom is 0.281 e. The summed E-state index contributed by atoms with van der Waals surface area (Å²) in [5.41, 5.74) is 2.29. The maximum atomic E-state index is 11.1. The van der Waals surface area contributed by atoms with E-state index in [1.165, 1.54) is 11.8 Å². The topological polar surface area (TPSA) is 58.6 Å². The van der Waals surface area contributed by atoms with Crippen molar-refractivity contribution < 1.29 is 14.4 Å². The predicted octanol–water partition coefficient (Wildman–Crippen LogP) is 0.613. The molecular formula is C8H14N2O3S. The van der Waals surface area contributed by atoms with Gasteiger partial charge >= 0.3 is 0 Å². The Morgan fingerprint density at radius 2 is 2.50 bits per heavy atom. The van der Waals surface area contributed by atoms with Gasteiger partial charge in [0.1, 0.15) is 0 Å². The molecule has 0 spiro atoms. The fraction of sp³-hybridized carbons (Fsp3) is 0.750. The van der Waals surface area contributed by atoms with Gasteiger partial charge in [-0.05, 0) is 6.92 Å². The van der Waals surface area contributed by atoms with Crippen molar-refractivity contribution in [2.24, 2.45) is 0 Å². The molecule has 1 saturated heterocycles. The third kappa shape index (κ3) is 3.55. The van der Waals surface area contributed by atoms with Gasteiger partial charge in [0.05, 0.1) is 6.61 Å². The largest absolute Gasteiger partial charge is 0.332 e. The smallest absolute Gasteiger partial charge is 0.281 e. The van der Waals surface area contributed by atoms with Crippen LogP contribution in [0.3, 0.4) is 0 Å². The summed E-state index contributed by atoms with van der Waals surface area (Å²) in [5, 5.41) is 0.0641. The number of hydrogen-bond donors (Lipinski definition) is 1. The second-order valence-corrected chi connectivity index (χ2v) is 3.86. The quantitative estimate of drug-likeness (QED) is 0.687. The molecule has 0 aromatic carbocycles. The van der Waals surface area contributed by atoms with Gasteiger partial charge < -0.3 is 4.90 Å². The van der Waals surface area contributed by atoms with Crippen LogP contribution in [-0.2, 0) is 9.63 Å². The first-order chi connectivity index (χ1) is 6.74. The predicted molar refractivity (Wildman–Crippen MR) is 53.8 cm³/mol. The Balaban J connectivity index is 2.13. The molecule has 14 heavy (non-hydrogen) atoms. The molecule has 0 aliphatic carbocycles. The van der Waals surface area contributed by atoms with Crippen LogP contribution in [0.1, 0.15) is 13.3 Å². The number of hydrogen-bond acceptors (Lipinski definition) is 4. The van der Waals surface area contributed by atoms with E-state index in [1.807, 2.05) is 0 Å². The van der Waals surface area contributed by atoms with Crippen molar-refractivity contribution in [1.82, 2.24) is 10.4 Å². The fourth-order valence-electron chi connectivity index (χ4n) is 1.07. The van der Waals surface area contributed by atoms with E-state index in [0.29, 0.717) is 19.6 Å². The van der Waals surface area contributed by atoms with Crippen LogP contribution in [-0.4, -0.2) is 41.5 Å². The Morgan fingerprint density at radius 1 is 1.71 bits per heavy atom. The third-order valence-corrected chi connectivity index (χ3v) is 2.68. The molecule has 1 N–H and O–H groups in total. The molecule has 1 aliphatic heterocycles. The molecule has 80 valence electrons. The molecule has 0 bridgehead atoms. The number of amides is 2. The summed E-state index contributed by atoms with van der Waals surface area (Å²) in [6, 6.07) is 0. The number of carbonyl (C=O) groups is 2. The van der Waals surface area contributed by atoms with Crippen LogP contribution < -0.4 is 5.48 Å². The van der Waals surface area contributed by atoms with Crippen LogP contribution in [0.25, 0.3) is 0 Å². The van der Waals surface area contributed by atoms with Gasteiger partial charge in [0.2, 0.25) is 5.91 Å². The minimum Gasteiger partial charge on any atom is -0.332 e. The lowest BCUT2D eigenvalue weighted by Gasteiger charge is -2.13. The SMILES string of the molecule is CCONC(=O)CCN1CCSC1=O. The summed E-state index contributed by atoms with van der Waals surface area (Å²) in [4.78, 5) is 28.6. The van der Waals surface area contributed by atoms with Crippen molar-refractivity contribution in [3.8, 4) is 0 Å². The summed E-state index contributed by atoms with van der Waals surface area (Å²) >= 11 is 1.30. The molecule has 5 nitrogen and oxygen atoms in total. The number of hydroxylamine groups is 1. The molecule has 0 unspecified atom stereocenters.